The first kappa shape index (κ1) is 16.6. The summed E-state index contributed by atoms with van der Waals surface area (Å²) < 4.78 is 14.0. The van der Waals surface area contributed by atoms with Gasteiger partial charge in [-0.2, -0.15) is 4.99 Å². The minimum atomic E-state index is -0.446. The Morgan fingerprint density at radius 3 is 2.83 bits per heavy atom. The largest absolute Gasteiger partial charge is 0.323 e. The Hall–Kier alpha value is -2.28. The van der Waals surface area contributed by atoms with Gasteiger partial charge in [-0.1, -0.05) is 18.9 Å². The lowest BCUT2D eigenvalue weighted by Gasteiger charge is -2.25. The van der Waals surface area contributed by atoms with Gasteiger partial charge in [0.15, 0.2) is 17.5 Å². The van der Waals surface area contributed by atoms with Gasteiger partial charge >= 0.3 is 0 Å². The van der Waals surface area contributed by atoms with Crippen molar-refractivity contribution in [3.63, 3.8) is 0 Å². The fourth-order valence-electron chi connectivity index (χ4n) is 3.14. The molecule has 1 aliphatic heterocycles. The number of aromatic nitrogens is 1. The molecule has 1 aliphatic carbocycles. The van der Waals surface area contributed by atoms with E-state index in [9.17, 15) is 4.39 Å². The highest BCUT2D eigenvalue weighted by Gasteiger charge is 2.36. The molecule has 1 aromatic heterocycles. The molecular weight excluding hydrogens is 307 g/mol. The number of pyridine rings is 1. The monoisotopic (exact) mass is 330 g/mol. The van der Waals surface area contributed by atoms with E-state index in [4.69, 9.17) is 5.73 Å². The number of nitrogens with one attached hydrogen (secondary N) is 1. The second kappa shape index (κ2) is 7.09. The SMILES string of the molecule is C/C=C1/NC(=Nc2ncccc2F)N(C2CCCC2)C1=NC(C)N. The van der Waals surface area contributed by atoms with Crippen LogP contribution in [0.25, 0.3) is 0 Å². The average Bonchev–Trinajstić information content (AvgIpc) is 3.17. The van der Waals surface area contributed by atoms with E-state index in [0.717, 1.165) is 24.4 Å². The van der Waals surface area contributed by atoms with Crippen molar-refractivity contribution in [3.05, 3.63) is 35.9 Å². The van der Waals surface area contributed by atoms with Gasteiger partial charge in [0.25, 0.3) is 0 Å². The van der Waals surface area contributed by atoms with Gasteiger partial charge in [0.1, 0.15) is 0 Å². The Morgan fingerprint density at radius 2 is 2.21 bits per heavy atom. The van der Waals surface area contributed by atoms with E-state index in [1.807, 2.05) is 19.9 Å². The zero-order valence-electron chi connectivity index (χ0n) is 14.0. The maximum Gasteiger partial charge on any atom is 0.211 e. The molecule has 6 nitrogen and oxygen atoms in total. The van der Waals surface area contributed by atoms with E-state index >= 15 is 0 Å². The predicted molar refractivity (Wildman–Crippen MR) is 93.4 cm³/mol. The highest BCUT2D eigenvalue weighted by Crippen LogP contribution is 2.29. The van der Waals surface area contributed by atoms with Gasteiger partial charge in [0.2, 0.25) is 5.96 Å². The Morgan fingerprint density at radius 1 is 1.46 bits per heavy atom. The number of allylic oxidation sites excluding steroid dienone is 1. The summed E-state index contributed by atoms with van der Waals surface area (Å²) in [5.41, 5.74) is 6.73. The minimum Gasteiger partial charge on any atom is -0.323 e. The van der Waals surface area contributed by atoms with Crippen LogP contribution in [0.5, 0.6) is 0 Å². The zero-order valence-corrected chi connectivity index (χ0v) is 14.0. The number of nitrogens with zero attached hydrogens (tertiary/aromatic N) is 4. The number of hydrogen-bond acceptors (Lipinski definition) is 4. The summed E-state index contributed by atoms with van der Waals surface area (Å²) in [6.07, 6.45) is 7.59. The van der Waals surface area contributed by atoms with Crippen molar-refractivity contribution < 1.29 is 4.39 Å². The van der Waals surface area contributed by atoms with Gasteiger partial charge in [-0.05, 0) is 38.8 Å². The summed E-state index contributed by atoms with van der Waals surface area (Å²) in [6, 6.07) is 3.20. The third-order valence-corrected chi connectivity index (χ3v) is 4.20. The summed E-state index contributed by atoms with van der Waals surface area (Å²) in [5, 5.41) is 3.24. The molecule has 128 valence electrons. The van der Waals surface area contributed by atoms with Gasteiger partial charge < -0.3 is 11.1 Å². The van der Waals surface area contributed by atoms with Crippen LogP contribution in [0, 0.1) is 5.82 Å². The molecule has 0 spiro atoms. The first-order chi connectivity index (χ1) is 11.6. The van der Waals surface area contributed by atoms with Crippen molar-refractivity contribution in [2.75, 3.05) is 0 Å². The van der Waals surface area contributed by atoms with Crippen LogP contribution in [0.2, 0.25) is 0 Å². The molecule has 2 aliphatic rings. The molecule has 1 aromatic rings. The molecule has 2 fully saturated rings. The molecule has 0 bridgehead atoms. The summed E-state index contributed by atoms with van der Waals surface area (Å²) in [4.78, 5) is 15.1. The predicted octanol–water partition coefficient (Wildman–Crippen LogP) is 2.66. The van der Waals surface area contributed by atoms with E-state index in [1.54, 1.807) is 6.07 Å². The number of hydrogen-bond donors (Lipinski definition) is 2. The third-order valence-electron chi connectivity index (χ3n) is 4.20. The van der Waals surface area contributed by atoms with E-state index in [1.165, 1.54) is 25.1 Å². The summed E-state index contributed by atoms with van der Waals surface area (Å²) >= 11 is 0. The molecule has 0 radical (unpaired) electrons. The molecule has 1 unspecified atom stereocenters. The van der Waals surface area contributed by atoms with Gasteiger partial charge in [-0.25, -0.2) is 14.4 Å². The van der Waals surface area contributed by atoms with Gasteiger partial charge in [-0.3, -0.25) is 4.90 Å². The minimum absolute atomic E-state index is 0.0699. The second-order valence-corrected chi connectivity index (χ2v) is 6.07. The second-order valence-electron chi connectivity index (χ2n) is 6.07. The number of aliphatic imine (C=N–C) groups is 2. The van der Waals surface area contributed by atoms with E-state index in [2.05, 4.69) is 25.2 Å². The lowest BCUT2D eigenvalue weighted by Crippen LogP contribution is -2.40. The highest BCUT2D eigenvalue weighted by atomic mass is 19.1. The number of halogens is 1. The van der Waals surface area contributed by atoms with Crippen LogP contribution in [0.1, 0.15) is 39.5 Å². The van der Waals surface area contributed by atoms with Crippen molar-refractivity contribution in [3.8, 4) is 0 Å². The van der Waals surface area contributed by atoms with Gasteiger partial charge in [0.05, 0.1) is 11.9 Å². The summed E-state index contributed by atoms with van der Waals surface area (Å²) in [5.74, 6) is 0.958. The van der Waals surface area contributed by atoms with E-state index in [0.29, 0.717) is 5.96 Å². The molecule has 3 rings (SSSR count). The maximum atomic E-state index is 14.0. The van der Waals surface area contributed by atoms with Crippen LogP contribution in [0.4, 0.5) is 10.2 Å². The number of nitrogens with two attached hydrogens (primary N) is 1. The molecule has 1 saturated heterocycles. The lowest BCUT2D eigenvalue weighted by atomic mass is 10.2. The molecule has 7 heteroatoms. The fraction of sp³-hybridized carbons (Fsp3) is 0.471. The van der Waals surface area contributed by atoms with E-state index in [-0.39, 0.29) is 18.0 Å². The smallest absolute Gasteiger partial charge is 0.211 e. The Balaban J connectivity index is 2.05. The normalized spacial score (nSPS) is 25.0. The van der Waals surface area contributed by atoms with Crippen molar-refractivity contribution in [1.82, 2.24) is 15.2 Å². The maximum absolute atomic E-state index is 14.0. The quantitative estimate of drug-likeness (QED) is 0.893. The first-order valence-corrected chi connectivity index (χ1v) is 8.35. The fourth-order valence-corrected chi connectivity index (χ4v) is 3.14. The van der Waals surface area contributed by atoms with Crippen LogP contribution >= 0.6 is 0 Å². The van der Waals surface area contributed by atoms with Gasteiger partial charge in [-0.15, -0.1) is 0 Å². The lowest BCUT2D eigenvalue weighted by molar-refractivity contribution is 0.443. The standard InChI is InChI=1S/C17H23FN6/c1-3-14-16(21-11(2)19)24(12-7-4-5-8-12)17(22-14)23-15-13(18)9-6-10-20-15/h3,6,9-12H,4-5,7-8,19H2,1-2H3,(H,20,22,23)/b14-3+,21-16?. The molecule has 0 amide bonds. The zero-order chi connectivity index (χ0) is 17.1. The highest BCUT2D eigenvalue weighted by molar-refractivity contribution is 6.16. The first-order valence-electron chi connectivity index (χ1n) is 8.35. The van der Waals surface area contributed by atoms with E-state index < -0.39 is 5.82 Å². The van der Waals surface area contributed by atoms with Crippen LogP contribution in [0.15, 0.2) is 40.1 Å². The topological polar surface area (TPSA) is 78.9 Å². The van der Waals surface area contributed by atoms with Gasteiger partial charge in [0, 0.05) is 12.2 Å². The number of amidine groups is 1. The summed E-state index contributed by atoms with van der Waals surface area (Å²) in [6.45, 7) is 3.76. The molecule has 1 atom stereocenters. The molecule has 3 N–H and O–H groups in total. The van der Waals surface area contributed by atoms with Crippen LogP contribution in [-0.4, -0.2) is 33.9 Å². The van der Waals surface area contributed by atoms with Crippen LogP contribution in [0.3, 0.4) is 0 Å². The van der Waals surface area contributed by atoms with Crippen molar-refractivity contribution in [2.45, 2.75) is 51.7 Å². The number of rotatable bonds is 3. The Bertz CT molecular complexity index is 688. The molecule has 1 saturated carbocycles. The Labute approximate surface area is 141 Å². The van der Waals surface area contributed by atoms with Crippen LogP contribution < -0.4 is 11.1 Å². The van der Waals surface area contributed by atoms with Crippen LogP contribution in [-0.2, 0) is 0 Å². The number of guanidine groups is 1. The van der Waals surface area contributed by atoms with Crippen molar-refractivity contribution in [1.29, 1.82) is 0 Å². The summed E-state index contributed by atoms with van der Waals surface area (Å²) in [7, 11) is 0. The molecule has 0 aromatic carbocycles. The van der Waals surface area contributed by atoms with Crippen molar-refractivity contribution >= 4 is 17.6 Å². The third kappa shape index (κ3) is 3.31. The molecular formula is C17H23FN6. The average molecular weight is 330 g/mol. The van der Waals surface area contributed by atoms with Crippen molar-refractivity contribution in [2.24, 2.45) is 15.7 Å². The molecule has 2 heterocycles. The molecule has 24 heavy (non-hydrogen) atoms. The Kier molecular flexibility index (Phi) is 4.89.